The predicted octanol–water partition coefficient (Wildman–Crippen LogP) is 2.58. The Morgan fingerprint density at radius 3 is 2.84 bits per heavy atom. The van der Waals surface area contributed by atoms with Crippen LogP contribution in [0.25, 0.3) is 10.2 Å². The largest absolute Gasteiger partial charge is 0.353 e. The normalized spacial score (nSPS) is 13.7. The van der Waals surface area contributed by atoms with Gasteiger partial charge >= 0.3 is 0 Å². The van der Waals surface area contributed by atoms with Crippen molar-refractivity contribution in [2.24, 2.45) is 5.10 Å². The van der Waals surface area contributed by atoms with Crippen LogP contribution in [0.5, 0.6) is 0 Å². The minimum Gasteiger partial charge on any atom is -0.353 e. The number of carbonyl (C=O) groups is 2. The van der Waals surface area contributed by atoms with E-state index in [2.05, 4.69) is 15.5 Å². The number of nitrogens with one attached hydrogen (secondary N) is 1. The number of amides is 2. The zero-order valence-corrected chi connectivity index (χ0v) is 17.5. The quantitative estimate of drug-likeness (QED) is 0.508. The third-order valence-corrected chi connectivity index (χ3v) is 6.00. The van der Waals surface area contributed by atoms with Crippen LogP contribution in [-0.4, -0.2) is 50.0 Å². The monoisotopic (exact) mass is 432 g/mol. The molecule has 1 aromatic carbocycles. The van der Waals surface area contributed by atoms with E-state index in [4.69, 9.17) is 0 Å². The lowest BCUT2D eigenvalue weighted by Crippen LogP contribution is -2.39. The molecular weight excluding hydrogens is 412 g/mol. The van der Waals surface area contributed by atoms with Gasteiger partial charge in [-0.25, -0.2) is 5.01 Å². The van der Waals surface area contributed by atoms with Crippen LogP contribution in [0.3, 0.4) is 0 Å². The van der Waals surface area contributed by atoms with Gasteiger partial charge in [0.1, 0.15) is 12.2 Å². The second-order valence-corrected chi connectivity index (χ2v) is 8.13. The molecule has 31 heavy (non-hydrogen) atoms. The van der Waals surface area contributed by atoms with Crippen LogP contribution in [0.4, 0.5) is 0 Å². The first kappa shape index (κ1) is 19.3. The fraction of sp³-hybridized carbons (Fsp3) is 0.182. The Kier molecular flexibility index (Phi) is 5.09. The smallest absolute Gasteiger partial charge is 0.291 e. The molecule has 5 rings (SSSR count). The maximum absolute atomic E-state index is 13.3. The molecule has 0 spiro atoms. The Morgan fingerprint density at radius 2 is 2.03 bits per heavy atom. The molecule has 0 unspecified atom stereocenters. The van der Waals surface area contributed by atoms with E-state index in [0.29, 0.717) is 25.3 Å². The van der Waals surface area contributed by atoms with E-state index >= 15 is 0 Å². The van der Waals surface area contributed by atoms with Crippen molar-refractivity contribution in [3.63, 3.8) is 0 Å². The fourth-order valence-corrected chi connectivity index (χ4v) is 4.47. The van der Waals surface area contributed by atoms with Gasteiger partial charge in [0.2, 0.25) is 5.91 Å². The number of benzene rings is 1. The predicted molar refractivity (Wildman–Crippen MR) is 119 cm³/mol. The molecule has 1 N–H and O–H groups in total. The molecule has 0 atom stereocenters. The number of aromatic nitrogens is 3. The highest BCUT2D eigenvalue weighted by Gasteiger charge is 2.28. The van der Waals surface area contributed by atoms with Crippen molar-refractivity contribution >= 4 is 39.1 Å². The van der Waals surface area contributed by atoms with Gasteiger partial charge in [-0.1, -0.05) is 30.3 Å². The lowest BCUT2D eigenvalue weighted by atomic mass is 10.1. The van der Waals surface area contributed by atoms with Crippen LogP contribution in [0.1, 0.15) is 16.1 Å². The van der Waals surface area contributed by atoms with Crippen LogP contribution in [0, 0.1) is 0 Å². The number of hydrogen-bond donors (Lipinski definition) is 1. The topological polar surface area (TPSA) is 84.5 Å². The van der Waals surface area contributed by atoms with Gasteiger partial charge in [0.25, 0.3) is 5.91 Å². The van der Waals surface area contributed by atoms with Gasteiger partial charge in [-0.05, 0) is 29.1 Å². The summed E-state index contributed by atoms with van der Waals surface area (Å²) in [5.41, 5.74) is 3.20. The Labute approximate surface area is 182 Å². The van der Waals surface area contributed by atoms with E-state index in [1.165, 1.54) is 5.01 Å². The van der Waals surface area contributed by atoms with Crippen molar-refractivity contribution < 1.29 is 9.59 Å². The number of hydrazone groups is 1. The molecule has 0 saturated heterocycles. The van der Waals surface area contributed by atoms with Crippen molar-refractivity contribution in [1.29, 1.82) is 0 Å². The summed E-state index contributed by atoms with van der Waals surface area (Å²) in [6.45, 7) is 1.30. The molecule has 0 radical (unpaired) electrons. The summed E-state index contributed by atoms with van der Waals surface area (Å²) in [7, 11) is 0. The first-order valence-electron chi connectivity index (χ1n) is 9.94. The summed E-state index contributed by atoms with van der Waals surface area (Å²) in [6, 6.07) is 15.5. The van der Waals surface area contributed by atoms with E-state index in [1.807, 2.05) is 64.7 Å². The first-order valence-corrected chi connectivity index (χ1v) is 10.8. The van der Waals surface area contributed by atoms with Gasteiger partial charge < -0.3 is 9.88 Å². The first-order chi connectivity index (χ1) is 15.2. The van der Waals surface area contributed by atoms with Crippen molar-refractivity contribution in [3.05, 3.63) is 77.6 Å². The molecule has 0 bridgehead atoms. The van der Waals surface area contributed by atoms with Crippen molar-refractivity contribution in [3.8, 4) is 0 Å². The number of nitrogens with zero attached hydrogens (tertiary/aromatic N) is 5. The third-order valence-electron chi connectivity index (χ3n) is 5.15. The minimum absolute atomic E-state index is 0.146. The standard InChI is InChI=1S/C22H20N6O2S/c29-21(23-9-11-26-10-4-8-24-26)15-28-22(30)19-13-20-18(7-12-31-20)27(19)14-17(25-28)16-5-2-1-3-6-16/h1-8,10,12-13H,9,11,14-15H2,(H,23,29). The number of hydrogen-bond acceptors (Lipinski definition) is 5. The maximum atomic E-state index is 13.3. The van der Waals surface area contributed by atoms with Crippen molar-refractivity contribution in [2.45, 2.75) is 13.1 Å². The second kappa shape index (κ2) is 8.19. The molecular formula is C22H20N6O2S. The van der Waals surface area contributed by atoms with Gasteiger partial charge in [-0.15, -0.1) is 11.3 Å². The van der Waals surface area contributed by atoms with Crippen LogP contribution in [0.2, 0.25) is 0 Å². The summed E-state index contributed by atoms with van der Waals surface area (Å²) < 4.78 is 4.76. The average molecular weight is 433 g/mol. The third kappa shape index (κ3) is 3.87. The Hall–Kier alpha value is -3.72. The van der Waals surface area contributed by atoms with E-state index in [1.54, 1.807) is 22.2 Å². The number of rotatable bonds is 6. The fourth-order valence-electron chi connectivity index (χ4n) is 3.65. The molecule has 9 heteroatoms. The summed E-state index contributed by atoms with van der Waals surface area (Å²) in [6.07, 6.45) is 3.53. The van der Waals surface area contributed by atoms with Crippen molar-refractivity contribution in [2.75, 3.05) is 13.1 Å². The maximum Gasteiger partial charge on any atom is 0.291 e. The SMILES string of the molecule is O=C(CN1N=C(c2ccccc2)Cn2c(cc3sccc32)C1=O)NCCn1cccn1. The molecule has 0 saturated carbocycles. The van der Waals surface area contributed by atoms with E-state index in [0.717, 1.165) is 21.5 Å². The molecule has 3 aromatic heterocycles. The summed E-state index contributed by atoms with van der Waals surface area (Å²) in [4.78, 5) is 25.9. The molecule has 2 amide bonds. The van der Waals surface area contributed by atoms with Crippen LogP contribution < -0.4 is 5.32 Å². The lowest BCUT2D eigenvalue weighted by molar-refractivity contribution is -0.121. The van der Waals surface area contributed by atoms with Gasteiger partial charge in [0, 0.05) is 18.9 Å². The Balaban J connectivity index is 1.41. The Bertz CT molecular complexity index is 1260. The van der Waals surface area contributed by atoms with Gasteiger partial charge in [-0.3, -0.25) is 14.3 Å². The molecule has 1 aliphatic rings. The van der Waals surface area contributed by atoms with Crippen LogP contribution in [-0.2, 0) is 17.9 Å². The van der Waals surface area contributed by atoms with Crippen molar-refractivity contribution in [1.82, 2.24) is 24.7 Å². The molecule has 4 heterocycles. The van der Waals surface area contributed by atoms with Crippen LogP contribution >= 0.6 is 11.3 Å². The highest BCUT2D eigenvalue weighted by atomic mass is 32.1. The number of fused-ring (bicyclic) bond motifs is 3. The van der Waals surface area contributed by atoms with E-state index < -0.39 is 0 Å². The lowest BCUT2D eigenvalue weighted by Gasteiger charge is -2.16. The molecule has 0 fully saturated rings. The van der Waals surface area contributed by atoms with Gasteiger partial charge in [-0.2, -0.15) is 10.2 Å². The summed E-state index contributed by atoms with van der Waals surface area (Å²) >= 11 is 1.59. The minimum atomic E-state index is -0.281. The molecule has 156 valence electrons. The zero-order valence-electron chi connectivity index (χ0n) is 16.6. The highest BCUT2D eigenvalue weighted by Crippen LogP contribution is 2.28. The molecule has 8 nitrogen and oxygen atoms in total. The summed E-state index contributed by atoms with van der Waals surface area (Å²) in [5.74, 6) is -0.546. The Morgan fingerprint density at radius 1 is 1.16 bits per heavy atom. The molecule has 0 aliphatic carbocycles. The number of thiophene rings is 1. The van der Waals surface area contributed by atoms with Crippen LogP contribution in [0.15, 0.2) is 71.4 Å². The van der Waals surface area contributed by atoms with Gasteiger partial charge in [0.15, 0.2) is 0 Å². The zero-order chi connectivity index (χ0) is 21.2. The molecule has 1 aliphatic heterocycles. The second-order valence-electron chi connectivity index (χ2n) is 7.18. The van der Waals surface area contributed by atoms with E-state index in [9.17, 15) is 9.59 Å². The summed E-state index contributed by atoms with van der Waals surface area (Å²) in [5, 5.41) is 14.8. The van der Waals surface area contributed by atoms with Gasteiger partial charge in [0.05, 0.1) is 29.0 Å². The molecule has 4 aromatic rings. The highest BCUT2D eigenvalue weighted by molar-refractivity contribution is 7.17. The number of carbonyl (C=O) groups excluding carboxylic acids is 2. The average Bonchev–Trinajstić information content (AvgIpc) is 3.50. The van der Waals surface area contributed by atoms with E-state index in [-0.39, 0.29) is 18.4 Å².